The van der Waals surface area contributed by atoms with Crippen LogP contribution in [-0.4, -0.2) is 31.1 Å². The molecule has 1 atom stereocenters. The minimum atomic E-state index is 0.572. The van der Waals surface area contributed by atoms with E-state index in [0.717, 1.165) is 25.2 Å². The highest BCUT2D eigenvalue weighted by Crippen LogP contribution is 2.31. The van der Waals surface area contributed by atoms with Crippen LogP contribution in [0.4, 0.5) is 5.69 Å². The summed E-state index contributed by atoms with van der Waals surface area (Å²) in [5.74, 6) is 0. The van der Waals surface area contributed by atoms with Crippen LogP contribution in [0.1, 0.15) is 17.2 Å². The molecule has 0 saturated carbocycles. The first-order valence-electron chi connectivity index (χ1n) is 5.67. The summed E-state index contributed by atoms with van der Waals surface area (Å²) in [4.78, 5) is 2.58. The molecule has 0 bridgehead atoms. The van der Waals surface area contributed by atoms with Crippen molar-refractivity contribution < 1.29 is 0 Å². The summed E-state index contributed by atoms with van der Waals surface area (Å²) < 4.78 is 0. The van der Waals surface area contributed by atoms with E-state index >= 15 is 0 Å². The Labute approximate surface area is 90.3 Å². The molecular weight excluding hydrogens is 186 g/mol. The number of hydrogen-bond acceptors (Lipinski definition) is 3. The maximum Gasteiger partial charge on any atom is 0.0476 e. The topological polar surface area (TPSA) is 41.3 Å². The molecule has 3 heteroatoms. The summed E-state index contributed by atoms with van der Waals surface area (Å²) in [5, 5.41) is 3.47. The van der Waals surface area contributed by atoms with Crippen molar-refractivity contribution in [3.05, 3.63) is 29.3 Å². The Kier molecular flexibility index (Phi) is 2.15. The second-order valence-corrected chi connectivity index (χ2v) is 4.46. The van der Waals surface area contributed by atoms with Crippen molar-refractivity contribution in [1.29, 1.82) is 0 Å². The van der Waals surface area contributed by atoms with Gasteiger partial charge in [-0.2, -0.15) is 0 Å². The van der Waals surface area contributed by atoms with Crippen LogP contribution in [0.15, 0.2) is 18.2 Å². The van der Waals surface area contributed by atoms with Gasteiger partial charge in [-0.15, -0.1) is 0 Å². The van der Waals surface area contributed by atoms with Gasteiger partial charge >= 0.3 is 0 Å². The maximum absolute atomic E-state index is 5.82. The fraction of sp³-hybridized carbons (Fsp3) is 0.500. The quantitative estimate of drug-likeness (QED) is 0.612. The second kappa shape index (κ2) is 3.51. The molecule has 3 rings (SSSR count). The molecule has 2 aliphatic heterocycles. The third kappa shape index (κ3) is 1.52. The molecule has 2 aliphatic rings. The van der Waals surface area contributed by atoms with E-state index in [2.05, 4.69) is 22.3 Å². The van der Waals surface area contributed by atoms with Gasteiger partial charge in [0.05, 0.1) is 0 Å². The van der Waals surface area contributed by atoms with Crippen LogP contribution in [0.25, 0.3) is 0 Å². The molecule has 3 N–H and O–H groups in total. The summed E-state index contributed by atoms with van der Waals surface area (Å²) in [6.07, 6.45) is 1.15. The highest BCUT2D eigenvalue weighted by atomic mass is 15.2. The van der Waals surface area contributed by atoms with E-state index < -0.39 is 0 Å². The summed E-state index contributed by atoms with van der Waals surface area (Å²) >= 11 is 0. The van der Waals surface area contributed by atoms with E-state index in [1.165, 1.54) is 24.2 Å². The lowest BCUT2D eigenvalue weighted by atomic mass is 9.91. The Morgan fingerprint density at radius 2 is 2.27 bits per heavy atom. The fourth-order valence-electron chi connectivity index (χ4n) is 2.75. The van der Waals surface area contributed by atoms with Gasteiger partial charge in [0, 0.05) is 37.9 Å². The van der Waals surface area contributed by atoms with Crippen LogP contribution in [0.5, 0.6) is 0 Å². The molecule has 0 radical (unpaired) electrons. The van der Waals surface area contributed by atoms with Crippen molar-refractivity contribution in [2.45, 2.75) is 12.5 Å². The SMILES string of the molecule is Nc1ccc2c(c1)CCN1CCNC[C@@H]21. The number of anilines is 1. The number of benzene rings is 1. The molecule has 1 aromatic rings. The zero-order chi connectivity index (χ0) is 10.3. The molecule has 0 aliphatic carbocycles. The molecule has 0 unspecified atom stereocenters. The van der Waals surface area contributed by atoms with Crippen molar-refractivity contribution >= 4 is 5.69 Å². The molecule has 0 aromatic heterocycles. The van der Waals surface area contributed by atoms with Crippen LogP contribution in [-0.2, 0) is 6.42 Å². The normalized spacial score (nSPS) is 25.7. The lowest BCUT2D eigenvalue weighted by Crippen LogP contribution is -2.48. The Balaban J connectivity index is 1.99. The molecule has 3 nitrogen and oxygen atoms in total. The van der Waals surface area contributed by atoms with Gasteiger partial charge < -0.3 is 11.1 Å². The Morgan fingerprint density at radius 3 is 3.20 bits per heavy atom. The lowest BCUT2D eigenvalue weighted by Gasteiger charge is -2.40. The van der Waals surface area contributed by atoms with Gasteiger partial charge in [-0.05, 0) is 29.7 Å². The number of nitrogen functional groups attached to an aromatic ring is 1. The molecule has 1 fully saturated rings. The van der Waals surface area contributed by atoms with Gasteiger partial charge in [0.1, 0.15) is 0 Å². The number of fused-ring (bicyclic) bond motifs is 3. The van der Waals surface area contributed by atoms with Crippen molar-refractivity contribution in [1.82, 2.24) is 10.2 Å². The van der Waals surface area contributed by atoms with E-state index in [1.54, 1.807) is 0 Å². The average Bonchev–Trinajstić information content (AvgIpc) is 2.28. The van der Waals surface area contributed by atoms with Gasteiger partial charge in [0.15, 0.2) is 0 Å². The first-order chi connectivity index (χ1) is 7.34. The summed E-state index contributed by atoms with van der Waals surface area (Å²) in [7, 11) is 0. The van der Waals surface area contributed by atoms with Crippen LogP contribution in [0, 0.1) is 0 Å². The molecule has 0 spiro atoms. The minimum Gasteiger partial charge on any atom is -0.399 e. The number of piperazine rings is 1. The van der Waals surface area contributed by atoms with Gasteiger partial charge in [-0.25, -0.2) is 0 Å². The molecule has 80 valence electrons. The van der Waals surface area contributed by atoms with Gasteiger partial charge in [0.2, 0.25) is 0 Å². The summed E-state index contributed by atoms with van der Waals surface area (Å²) in [6, 6.07) is 6.94. The first-order valence-corrected chi connectivity index (χ1v) is 5.67. The smallest absolute Gasteiger partial charge is 0.0476 e. The Bertz CT molecular complexity index is 375. The summed E-state index contributed by atoms with van der Waals surface area (Å²) in [5.41, 5.74) is 9.63. The van der Waals surface area contributed by atoms with Crippen molar-refractivity contribution in [2.75, 3.05) is 31.9 Å². The van der Waals surface area contributed by atoms with Crippen LogP contribution in [0.2, 0.25) is 0 Å². The highest BCUT2D eigenvalue weighted by Gasteiger charge is 2.28. The highest BCUT2D eigenvalue weighted by molar-refractivity contribution is 5.47. The van der Waals surface area contributed by atoms with Gasteiger partial charge in [-0.1, -0.05) is 6.07 Å². The van der Waals surface area contributed by atoms with E-state index in [-0.39, 0.29) is 0 Å². The molecule has 15 heavy (non-hydrogen) atoms. The molecular formula is C12H17N3. The third-order valence-corrected chi connectivity index (χ3v) is 3.55. The largest absolute Gasteiger partial charge is 0.399 e. The van der Waals surface area contributed by atoms with Crippen LogP contribution < -0.4 is 11.1 Å². The molecule has 0 amide bonds. The van der Waals surface area contributed by atoms with E-state index in [4.69, 9.17) is 5.73 Å². The number of hydrogen-bond donors (Lipinski definition) is 2. The van der Waals surface area contributed by atoms with Crippen molar-refractivity contribution in [2.24, 2.45) is 0 Å². The summed E-state index contributed by atoms with van der Waals surface area (Å²) in [6.45, 7) is 4.56. The fourth-order valence-corrected chi connectivity index (χ4v) is 2.75. The molecule has 1 saturated heterocycles. The predicted octanol–water partition coefficient (Wildman–Crippen LogP) is 0.771. The Morgan fingerprint density at radius 1 is 1.33 bits per heavy atom. The monoisotopic (exact) mass is 203 g/mol. The van der Waals surface area contributed by atoms with Crippen LogP contribution in [0.3, 0.4) is 0 Å². The molecule has 2 heterocycles. The standard InChI is InChI=1S/C12H17N3/c13-10-1-2-11-9(7-10)3-5-15-6-4-14-8-12(11)15/h1-2,7,12,14H,3-6,8,13H2/t12-/m0/s1. The molecule has 1 aromatic carbocycles. The Hall–Kier alpha value is -1.06. The van der Waals surface area contributed by atoms with Crippen LogP contribution >= 0.6 is 0 Å². The van der Waals surface area contributed by atoms with Crippen molar-refractivity contribution in [3.63, 3.8) is 0 Å². The second-order valence-electron chi connectivity index (χ2n) is 4.46. The number of nitrogens with one attached hydrogen (secondary N) is 1. The maximum atomic E-state index is 5.82. The van der Waals surface area contributed by atoms with E-state index in [9.17, 15) is 0 Å². The average molecular weight is 203 g/mol. The third-order valence-electron chi connectivity index (χ3n) is 3.55. The first kappa shape index (κ1) is 9.19. The number of nitrogens with zero attached hydrogens (tertiary/aromatic N) is 1. The van der Waals surface area contributed by atoms with Crippen molar-refractivity contribution in [3.8, 4) is 0 Å². The van der Waals surface area contributed by atoms with E-state index in [1.807, 2.05) is 6.07 Å². The minimum absolute atomic E-state index is 0.572. The lowest BCUT2D eigenvalue weighted by molar-refractivity contribution is 0.152. The zero-order valence-corrected chi connectivity index (χ0v) is 8.87. The van der Waals surface area contributed by atoms with Gasteiger partial charge in [0.25, 0.3) is 0 Å². The van der Waals surface area contributed by atoms with Gasteiger partial charge in [-0.3, -0.25) is 4.90 Å². The predicted molar refractivity (Wildman–Crippen MR) is 61.7 cm³/mol. The number of nitrogens with two attached hydrogens (primary N) is 1. The van der Waals surface area contributed by atoms with E-state index in [0.29, 0.717) is 6.04 Å². The zero-order valence-electron chi connectivity index (χ0n) is 8.87. The number of rotatable bonds is 0.